The van der Waals surface area contributed by atoms with Crippen LogP contribution in [-0.2, 0) is 19.0 Å². The van der Waals surface area contributed by atoms with Gasteiger partial charge in [0.25, 0.3) is 5.67 Å². The topological polar surface area (TPSA) is 44.8 Å². The number of hydrogen-bond acceptors (Lipinski definition) is 4. The number of esters is 1. The molecule has 4 atom stereocenters. The number of alkyl halides is 7. The zero-order valence-corrected chi connectivity index (χ0v) is 15.5. The van der Waals surface area contributed by atoms with E-state index in [-0.39, 0.29) is 18.8 Å². The van der Waals surface area contributed by atoms with Crippen LogP contribution in [0, 0.1) is 17.8 Å². The molecule has 4 bridgehead atoms. The van der Waals surface area contributed by atoms with Crippen molar-refractivity contribution in [2.24, 2.45) is 17.8 Å². The minimum absolute atomic E-state index is 0.0212. The Bertz CT molecular complexity index is 675. The second kappa shape index (κ2) is 6.21. The van der Waals surface area contributed by atoms with Crippen molar-refractivity contribution in [3.63, 3.8) is 0 Å². The van der Waals surface area contributed by atoms with E-state index in [9.17, 15) is 35.5 Å². The van der Waals surface area contributed by atoms with Crippen molar-refractivity contribution in [2.45, 2.75) is 74.3 Å². The van der Waals surface area contributed by atoms with E-state index < -0.39 is 66.3 Å². The summed E-state index contributed by atoms with van der Waals surface area (Å²) in [4.78, 5) is 11.8. The number of rotatable bonds is 3. The fraction of sp³-hybridized carbons (Fsp3) is 0.944. The van der Waals surface area contributed by atoms with Crippen LogP contribution in [0.15, 0.2) is 0 Å². The second-order valence-corrected chi connectivity index (χ2v) is 8.94. The van der Waals surface area contributed by atoms with Crippen molar-refractivity contribution in [1.29, 1.82) is 0 Å². The second-order valence-electron chi connectivity index (χ2n) is 8.94. The van der Waals surface area contributed by atoms with Crippen molar-refractivity contribution >= 4 is 5.97 Å². The molecule has 0 aromatic carbocycles. The van der Waals surface area contributed by atoms with Gasteiger partial charge < -0.3 is 14.2 Å². The third-order valence-electron chi connectivity index (χ3n) is 6.89. The van der Waals surface area contributed by atoms with Gasteiger partial charge in [0.15, 0.2) is 5.79 Å². The molecule has 1 heterocycles. The summed E-state index contributed by atoms with van der Waals surface area (Å²) in [6.45, 7) is -2.66. The van der Waals surface area contributed by atoms with Crippen molar-refractivity contribution < 1.29 is 49.7 Å². The molecule has 4 unspecified atom stereocenters. The summed E-state index contributed by atoms with van der Waals surface area (Å²) in [6, 6.07) is 0. The molecule has 5 rings (SSSR count). The van der Waals surface area contributed by atoms with Crippen LogP contribution in [0.3, 0.4) is 0 Å². The van der Waals surface area contributed by atoms with Crippen LogP contribution in [0.1, 0.15) is 39.0 Å². The largest absolute Gasteiger partial charge is 0.455 e. The van der Waals surface area contributed by atoms with Gasteiger partial charge in [-0.05, 0) is 38.0 Å². The normalized spacial score (nSPS) is 46.9. The summed E-state index contributed by atoms with van der Waals surface area (Å²) in [5.74, 6) is -8.23. The Kier molecular flexibility index (Phi) is 4.53. The summed E-state index contributed by atoms with van der Waals surface area (Å²) < 4.78 is 110. The molecule has 1 spiro atoms. The molecule has 0 aromatic heterocycles. The Morgan fingerprint density at radius 3 is 2.17 bits per heavy atom. The van der Waals surface area contributed by atoms with Crippen LogP contribution in [0.2, 0.25) is 0 Å². The third kappa shape index (κ3) is 3.05. The van der Waals surface area contributed by atoms with Gasteiger partial charge in [-0.25, -0.2) is 13.6 Å². The minimum Gasteiger partial charge on any atom is -0.455 e. The smallest absolute Gasteiger partial charge is 0.427 e. The third-order valence-corrected chi connectivity index (χ3v) is 6.89. The van der Waals surface area contributed by atoms with E-state index in [0.29, 0.717) is 26.2 Å². The van der Waals surface area contributed by atoms with E-state index in [1.165, 1.54) is 0 Å². The van der Waals surface area contributed by atoms with Crippen LogP contribution in [0.5, 0.6) is 0 Å². The van der Waals surface area contributed by atoms with Crippen molar-refractivity contribution in [3.8, 4) is 0 Å². The summed E-state index contributed by atoms with van der Waals surface area (Å²) in [6.07, 6.45) is -6.46. The monoisotopic (exact) mass is 434 g/mol. The molecule has 4 saturated carbocycles. The molecule has 5 aliphatic rings. The van der Waals surface area contributed by atoms with E-state index in [2.05, 4.69) is 0 Å². The van der Waals surface area contributed by atoms with E-state index in [1.54, 1.807) is 0 Å². The quantitative estimate of drug-likeness (QED) is 0.496. The van der Waals surface area contributed by atoms with Gasteiger partial charge in [-0.3, -0.25) is 0 Å². The summed E-state index contributed by atoms with van der Waals surface area (Å²) in [7, 11) is 0. The number of halogens is 7. The molecule has 0 radical (unpaired) electrons. The van der Waals surface area contributed by atoms with Crippen molar-refractivity contribution in [3.05, 3.63) is 0 Å². The highest BCUT2D eigenvalue weighted by atomic mass is 19.4. The van der Waals surface area contributed by atoms with Gasteiger partial charge in [-0.1, -0.05) is 0 Å². The molecule has 29 heavy (non-hydrogen) atoms. The van der Waals surface area contributed by atoms with Crippen molar-refractivity contribution in [2.75, 3.05) is 13.3 Å². The Labute approximate surface area is 162 Å². The molecule has 5 fully saturated rings. The molecule has 11 heteroatoms. The SMILES string of the molecule is CC(F)(F)C(=O)OC12CC3CC(C1)C1(OCC(F)(C(F)(F)F)C(CF)O1)C(C3)C2. The number of carbonyl (C=O) groups is 1. The van der Waals surface area contributed by atoms with Gasteiger partial charge in [0.2, 0.25) is 0 Å². The highest BCUT2D eigenvalue weighted by Crippen LogP contribution is 2.64. The molecule has 1 saturated heterocycles. The highest BCUT2D eigenvalue weighted by molar-refractivity contribution is 5.77. The molecule has 0 N–H and O–H groups in total. The fourth-order valence-electron chi connectivity index (χ4n) is 5.77. The Morgan fingerprint density at radius 2 is 1.69 bits per heavy atom. The first-order valence-electron chi connectivity index (χ1n) is 9.49. The molecular formula is C18H21F7O4. The van der Waals surface area contributed by atoms with E-state index >= 15 is 0 Å². The van der Waals surface area contributed by atoms with E-state index in [4.69, 9.17) is 14.2 Å². The van der Waals surface area contributed by atoms with Gasteiger partial charge >= 0.3 is 18.1 Å². The zero-order chi connectivity index (χ0) is 21.5. The first-order chi connectivity index (χ1) is 13.2. The number of hydrogen-bond donors (Lipinski definition) is 0. The van der Waals surface area contributed by atoms with Gasteiger partial charge in [0.1, 0.15) is 18.4 Å². The summed E-state index contributed by atoms with van der Waals surface area (Å²) >= 11 is 0. The summed E-state index contributed by atoms with van der Waals surface area (Å²) in [5.41, 5.74) is -5.17. The predicted molar refractivity (Wildman–Crippen MR) is 82.4 cm³/mol. The maximum Gasteiger partial charge on any atom is 0.427 e. The lowest BCUT2D eigenvalue weighted by atomic mass is 9.51. The lowest BCUT2D eigenvalue weighted by Gasteiger charge is -2.65. The highest BCUT2D eigenvalue weighted by Gasteiger charge is 2.73. The zero-order valence-electron chi connectivity index (χ0n) is 15.5. The van der Waals surface area contributed by atoms with Crippen LogP contribution in [-0.4, -0.2) is 54.5 Å². The van der Waals surface area contributed by atoms with Crippen LogP contribution >= 0.6 is 0 Å². The predicted octanol–water partition coefficient (Wildman–Crippen LogP) is 4.12. The maximum absolute atomic E-state index is 14.6. The molecule has 4 aliphatic carbocycles. The average Bonchev–Trinajstić information content (AvgIpc) is 2.58. The average molecular weight is 434 g/mol. The summed E-state index contributed by atoms with van der Waals surface area (Å²) in [5, 5.41) is 0. The molecule has 0 aromatic rings. The first-order valence-corrected chi connectivity index (χ1v) is 9.49. The number of ether oxygens (including phenoxy) is 3. The van der Waals surface area contributed by atoms with Gasteiger partial charge in [0, 0.05) is 18.8 Å². The molecule has 4 nitrogen and oxygen atoms in total. The van der Waals surface area contributed by atoms with Crippen molar-refractivity contribution in [1.82, 2.24) is 0 Å². The Balaban J connectivity index is 1.59. The molecule has 166 valence electrons. The lowest BCUT2D eigenvalue weighted by Crippen LogP contribution is -2.73. The molecule has 1 aliphatic heterocycles. The molecule has 0 amide bonds. The van der Waals surface area contributed by atoms with E-state index in [1.807, 2.05) is 0 Å². The van der Waals surface area contributed by atoms with Crippen LogP contribution in [0.4, 0.5) is 30.7 Å². The Morgan fingerprint density at radius 1 is 1.10 bits per heavy atom. The lowest BCUT2D eigenvalue weighted by molar-refractivity contribution is -0.437. The van der Waals surface area contributed by atoms with Crippen LogP contribution in [0.25, 0.3) is 0 Å². The standard InChI is InChI=1S/C18H21F7O4/c1-14(20,21)13(26)29-15-4-9-2-10(5-15)17(11(3-9)6-15)27-8-16(22,18(23,24)25)12(7-19)28-17/h9-12H,2-8H2,1H3. The Hall–Kier alpha value is -1.10. The molecular weight excluding hydrogens is 413 g/mol. The van der Waals surface area contributed by atoms with E-state index in [0.717, 1.165) is 0 Å². The van der Waals surface area contributed by atoms with Gasteiger partial charge in [0.05, 0.1) is 6.61 Å². The first kappa shape index (κ1) is 21.1. The fourth-order valence-corrected chi connectivity index (χ4v) is 5.77. The number of carbonyl (C=O) groups excluding carboxylic acids is 1. The minimum atomic E-state index is -5.37. The maximum atomic E-state index is 14.6. The van der Waals surface area contributed by atoms with Gasteiger partial charge in [-0.15, -0.1) is 0 Å². The van der Waals surface area contributed by atoms with Gasteiger partial charge in [-0.2, -0.15) is 22.0 Å². The van der Waals surface area contributed by atoms with Crippen LogP contribution < -0.4 is 0 Å².